The van der Waals surface area contributed by atoms with Crippen LogP contribution in [0.2, 0.25) is 0 Å². The highest BCUT2D eigenvalue weighted by Crippen LogP contribution is 2.28. The molecule has 0 bridgehead atoms. The Bertz CT molecular complexity index is 1030. The van der Waals surface area contributed by atoms with E-state index in [-0.39, 0.29) is 0 Å². The molecule has 5 heteroatoms. The Hall–Kier alpha value is -3.21. The number of nitrogens with zero attached hydrogens (tertiary/aromatic N) is 4. The van der Waals surface area contributed by atoms with Gasteiger partial charge in [0.25, 0.3) is 0 Å². The molecule has 0 N–H and O–H groups in total. The quantitative estimate of drug-likeness (QED) is 0.528. The minimum Gasteiger partial charge on any atom is -0.444 e. The van der Waals surface area contributed by atoms with E-state index in [0.717, 1.165) is 33.4 Å². The smallest absolute Gasteiger partial charge is 0.226 e. The number of oxazole rings is 1. The van der Waals surface area contributed by atoms with E-state index in [1.54, 1.807) is 12.3 Å². The first-order chi connectivity index (χ1) is 11.8. The molecule has 24 heavy (non-hydrogen) atoms. The summed E-state index contributed by atoms with van der Waals surface area (Å²) in [5, 5.41) is 8.35. The predicted octanol–water partition coefficient (Wildman–Crippen LogP) is 4.25. The van der Waals surface area contributed by atoms with Gasteiger partial charge in [0.1, 0.15) is 17.5 Å². The average Bonchev–Trinajstić information content (AvgIpc) is 3.23. The molecular weight excluding hydrogens is 300 g/mol. The van der Waals surface area contributed by atoms with Crippen molar-refractivity contribution < 1.29 is 4.42 Å². The molecule has 0 spiro atoms. The number of aryl methyl sites for hydroxylation is 1. The Balaban J connectivity index is 1.73. The summed E-state index contributed by atoms with van der Waals surface area (Å²) in [5.74, 6) is 0.624. The molecule has 5 nitrogen and oxygen atoms in total. The summed E-state index contributed by atoms with van der Waals surface area (Å²) < 4.78 is 7.49. The second-order valence-corrected chi connectivity index (χ2v) is 5.62. The molecule has 0 aliphatic heterocycles. The largest absolute Gasteiger partial charge is 0.444 e. The Labute approximate surface area is 139 Å². The zero-order valence-corrected chi connectivity index (χ0v) is 13.3. The number of hydrogen-bond donors (Lipinski definition) is 0. The van der Waals surface area contributed by atoms with E-state index in [9.17, 15) is 0 Å². The van der Waals surface area contributed by atoms with E-state index in [1.165, 1.54) is 0 Å². The van der Waals surface area contributed by atoms with Gasteiger partial charge in [-0.3, -0.25) is 0 Å². The molecule has 0 aliphatic carbocycles. The predicted molar refractivity (Wildman–Crippen MR) is 93.4 cm³/mol. The normalized spacial score (nSPS) is 11.0. The van der Waals surface area contributed by atoms with Gasteiger partial charge < -0.3 is 4.42 Å². The SMILES string of the molecule is C=CCn1nnc2cc(-c3coc(-c4ccccc4C)n3)ccc21. The van der Waals surface area contributed by atoms with E-state index in [4.69, 9.17) is 4.42 Å². The number of benzene rings is 2. The Morgan fingerprint density at radius 1 is 1.21 bits per heavy atom. The molecule has 0 unspecified atom stereocenters. The van der Waals surface area contributed by atoms with Gasteiger partial charge in [-0.25, -0.2) is 9.67 Å². The van der Waals surface area contributed by atoms with Crippen molar-refractivity contribution in [3.8, 4) is 22.7 Å². The van der Waals surface area contributed by atoms with E-state index < -0.39 is 0 Å². The lowest BCUT2D eigenvalue weighted by atomic mass is 10.1. The average molecular weight is 316 g/mol. The van der Waals surface area contributed by atoms with E-state index >= 15 is 0 Å². The zero-order chi connectivity index (χ0) is 16.5. The summed E-state index contributed by atoms with van der Waals surface area (Å²) in [5.41, 5.74) is 5.68. The summed E-state index contributed by atoms with van der Waals surface area (Å²) in [6.45, 7) is 6.42. The standard InChI is InChI=1S/C19H16N4O/c1-3-10-23-18-9-8-14(11-16(18)21-22-23)17-12-24-19(20-17)15-7-5-4-6-13(15)2/h3-9,11-12H,1,10H2,2H3. The van der Waals surface area contributed by atoms with Crippen LogP contribution in [-0.4, -0.2) is 20.0 Å². The van der Waals surface area contributed by atoms with Crippen molar-refractivity contribution in [1.82, 2.24) is 20.0 Å². The van der Waals surface area contributed by atoms with Crippen LogP contribution in [0, 0.1) is 6.92 Å². The van der Waals surface area contributed by atoms with Crippen LogP contribution in [0.3, 0.4) is 0 Å². The highest BCUT2D eigenvalue weighted by Gasteiger charge is 2.12. The summed E-state index contributed by atoms with van der Waals surface area (Å²) in [6, 6.07) is 14.0. The molecule has 2 heterocycles. The van der Waals surface area contributed by atoms with E-state index in [0.29, 0.717) is 12.4 Å². The molecule has 0 atom stereocenters. The highest BCUT2D eigenvalue weighted by atomic mass is 16.3. The Kier molecular flexibility index (Phi) is 3.46. The van der Waals surface area contributed by atoms with Crippen LogP contribution in [0.1, 0.15) is 5.56 Å². The third kappa shape index (κ3) is 2.40. The van der Waals surface area contributed by atoms with Crippen molar-refractivity contribution in [3.05, 3.63) is 66.9 Å². The van der Waals surface area contributed by atoms with Crippen LogP contribution < -0.4 is 0 Å². The second kappa shape index (κ2) is 5.77. The fraction of sp³-hybridized carbons (Fsp3) is 0.105. The monoisotopic (exact) mass is 316 g/mol. The van der Waals surface area contributed by atoms with Crippen molar-refractivity contribution in [2.75, 3.05) is 0 Å². The third-order valence-electron chi connectivity index (χ3n) is 3.99. The zero-order valence-electron chi connectivity index (χ0n) is 13.3. The molecule has 0 fully saturated rings. The molecule has 0 saturated heterocycles. The fourth-order valence-electron chi connectivity index (χ4n) is 2.73. The highest BCUT2D eigenvalue weighted by molar-refractivity contribution is 5.80. The lowest BCUT2D eigenvalue weighted by Gasteiger charge is -2.00. The molecular formula is C19H16N4O. The molecule has 4 aromatic rings. The second-order valence-electron chi connectivity index (χ2n) is 5.62. The van der Waals surface area contributed by atoms with Crippen LogP contribution in [0.25, 0.3) is 33.7 Å². The molecule has 0 amide bonds. The van der Waals surface area contributed by atoms with Crippen molar-refractivity contribution in [2.24, 2.45) is 0 Å². The summed E-state index contributed by atoms with van der Waals surface area (Å²) in [6.07, 6.45) is 3.48. The summed E-state index contributed by atoms with van der Waals surface area (Å²) >= 11 is 0. The van der Waals surface area contributed by atoms with Crippen molar-refractivity contribution in [2.45, 2.75) is 13.5 Å². The van der Waals surface area contributed by atoms with Gasteiger partial charge in [-0.15, -0.1) is 11.7 Å². The number of aromatic nitrogens is 4. The molecule has 0 radical (unpaired) electrons. The van der Waals surface area contributed by atoms with Crippen molar-refractivity contribution in [1.29, 1.82) is 0 Å². The van der Waals surface area contributed by atoms with Gasteiger partial charge in [-0.2, -0.15) is 0 Å². The molecule has 2 aromatic heterocycles. The van der Waals surface area contributed by atoms with E-state index in [2.05, 4.69) is 21.9 Å². The fourth-order valence-corrected chi connectivity index (χ4v) is 2.73. The van der Waals surface area contributed by atoms with Gasteiger partial charge in [0.2, 0.25) is 5.89 Å². The number of fused-ring (bicyclic) bond motifs is 1. The minimum atomic E-state index is 0.624. The summed E-state index contributed by atoms with van der Waals surface area (Å²) in [4.78, 5) is 4.62. The molecule has 0 aliphatic rings. The van der Waals surface area contributed by atoms with Gasteiger partial charge in [0.05, 0.1) is 12.1 Å². The van der Waals surface area contributed by atoms with Crippen LogP contribution in [0.15, 0.2) is 65.8 Å². The minimum absolute atomic E-state index is 0.624. The first-order valence-corrected chi connectivity index (χ1v) is 7.72. The number of hydrogen-bond acceptors (Lipinski definition) is 4. The maximum absolute atomic E-state index is 5.68. The third-order valence-corrected chi connectivity index (χ3v) is 3.99. The van der Waals surface area contributed by atoms with Crippen LogP contribution >= 0.6 is 0 Å². The topological polar surface area (TPSA) is 56.7 Å². The maximum Gasteiger partial charge on any atom is 0.226 e. The number of rotatable bonds is 4. The van der Waals surface area contributed by atoms with Gasteiger partial charge in [0, 0.05) is 11.1 Å². The van der Waals surface area contributed by atoms with Gasteiger partial charge in [-0.05, 0) is 30.7 Å². The molecule has 118 valence electrons. The van der Waals surface area contributed by atoms with Crippen LogP contribution in [0.4, 0.5) is 0 Å². The lowest BCUT2D eigenvalue weighted by molar-refractivity contribution is 0.574. The molecule has 4 rings (SSSR count). The Morgan fingerprint density at radius 2 is 2.08 bits per heavy atom. The first kappa shape index (κ1) is 14.4. The van der Waals surface area contributed by atoms with Gasteiger partial charge >= 0.3 is 0 Å². The molecule has 0 saturated carbocycles. The molecule has 2 aromatic carbocycles. The van der Waals surface area contributed by atoms with Crippen LogP contribution in [-0.2, 0) is 6.54 Å². The van der Waals surface area contributed by atoms with Gasteiger partial charge in [-0.1, -0.05) is 35.6 Å². The van der Waals surface area contributed by atoms with Crippen LogP contribution in [0.5, 0.6) is 0 Å². The first-order valence-electron chi connectivity index (χ1n) is 7.72. The van der Waals surface area contributed by atoms with Crippen molar-refractivity contribution >= 4 is 11.0 Å². The van der Waals surface area contributed by atoms with Crippen molar-refractivity contribution in [3.63, 3.8) is 0 Å². The number of allylic oxidation sites excluding steroid dienone is 1. The summed E-state index contributed by atoms with van der Waals surface area (Å²) in [7, 11) is 0. The van der Waals surface area contributed by atoms with E-state index in [1.807, 2.05) is 54.1 Å². The Morgan fingerprint density at radius 3 is 2.92 bits per heavy atom. The van der Waals surface area contributed by atoms with Gasteiger partial charge in [0.15, 0.2) is 0 Å². The lowest BCUT2D eigenvalue weighted by Crippen LogP contribution is -1.96. The maximum atomic E-state index is 5.68.